The summed E-state index contributed by atoms with van der Waals surface area (Å²) in [7, 11) is 1.97. The fraction of sp³-hybridized carbons (Fsp3) is 0.429. The lowest BCUT2D eigenvalue weighted by Gasteiger charge is -2.07. The molecule has 2 aromatic heterocycles. The van der Waals surface area contributed by atoms with Gasteiger partial charge in [0.25, 0.3) is 0 Å². The van der Waals surface area contributed by atoms with Crippen molar-refractivity contribution in [2.45, 2.75) is 33.7 Å². The standard InChI is InChI=1S/C14H19N3S/c1-8-6-9(2)12(16-7-8)14-17-11(4)13(18-14)10(3)15-5/h6-7,10,15H,1-5H3. The van der Waals surface area contributed by atoms with Crippen molar-refractivity contribution in [1.82, 2.24) is 15.3 Å². The van der Waals surface area contributed by atoms with Crippen LogP contribution in [0.15, 0.2) is 12.3 Å². The number of pyridine rings is 1. The van der Waals surface area contributed by atoms with Crippen LogP contribution in [0.2, 0.25) is 0 Å². The Hall–Kier alpha value is -1.26. The maximum Gasteiger partial charge on any atom is 0.142 e. The van der Waals surface area contributed by atoms with Crippen LogP contribution in [0.1, 0.15) is 34.7 Å². The summed E-state index contributed by atoms with van der Waals surface area (Å²) in [5.41, 5.74) is 4.47. The predicted octanol–water partition coefficient (Wildman–Crippen LogP) is 3.41. The van der Waals surface area contributed by atoms with Gasteiger partial charge in [0.1, 0.15) is 10.7 Å². The number of nitrogens with zero attached hydrogens (tertiary/aromatic N) is 2. The highest BCUT2D eigenvalue weighted by Crippen LogP contribution is 2.32. The zero-order valence-corrected chi connectivity index (χ0v) is 12.4. The third kappa shape index (κ3) is 2.44. The highest BCUT2D eigenvalue weighted by molar-refractivity contribution is 7.15. The summed E-state index contributed by atoms with van der Waals surface area (Å²) < 4.78 is 0. The summed E-state index contributed by atoms with van der Waals surface area (Å²) in [4.78, 5) is 10.5. The van der Waals surface area contributed by atoms with Crippen LogP contribution in [0, 0.1) is 20.8 Å². The first-order valence-corrected chi connectivity index (χ1v) is 6.92. The van der Waals surface area contributed by atoms with Gasteiger partial charge in [-0.2, -0.15) is 0 Å². The largest absolute Gasteiger partial charge is 0.312 e. The maximum atomic E-state index is 4.66. The molecule has 0 spiro atoms. The third-order valence-corrected chi connectivity index (χ3v) is 4.42. The van der Waals surface area contributed by atoms with Crippen LogP contribution < -0.4 is 5.32 Å². The normalized spacial score (nSPS) is 12.7. The second-order valence-corrected chi connectivity index (χ2v) is 5.69. The molecule has 0 aliphatic heterocycles. The van der Waals surface area contributed by atoms with Crippen molar-refractivity contribution >= 4 is 11.3 Å². The summed E-state index contributed by atoms with van der Waals surface area (Å²) in [5, 5.41) is 4.28. The Labute approximate surface area is 112 Å². The SMILES string of the molecule is CNC(C)c1sc(-c2ncc(C)cc2C)nc1C. The molecular formula is C14H19N3S. The summed E-state index contributed by atoms with van der Waals surface area (Å²) >= 11 is 1.73. The molecule has 2 rings (SSSR count). The Balaban J connectivity index is 2.45. The number of nitrogens with one attached hydrogen (secondary N) is 1. The summed E-state index contributed by atoms with van der Waals surface area (Å²) in [6.45, 7) is 8.37. The first-order chi connectivity index (χ1) is 8.52. The van der Waals surface area contributed by atoms with Gasteiger partial charge in [-0.15, -0.1) is 11.3 Å². The van der Waals surface area contributed by atoms with E-state index in [0.717, 1.165) is 16.4 Å². The molecule has 0 radical (unpaired) electrons. The topological polar surface area (TPSA) is 37.8 Å². The lowest BCUT2D eigenvalue weighted by Crippen LogP contribution is -2.11. The number of rotatable bonds is 3. The molecule has 2 heterocycles. The van der Waals surface area contributed by atoms with E-state index in [1.165, 1.54) is 16.0 Å². The van der Waals surface area contributed by atoms with E-state index >= 15 is 0 Å². The summed E-state index contributed by atoms with van der Waals surface area (Å²) in [5.74, 6) is 0. The third-order valence-electron chi connectivity index (χ3n) is 3.08. The Morgan fingerprint density at radius 2 is 2.00 bits per heavy atom. The van der Waals surface area contributed by atoms with Crippen molar-refractivity contribution in [3.63, 3.8) is 0 Å². The van der Waals surface area contributed by atoms with Gasteiger partial charge >= 0.3 is 0 Å². The first-order valence-electron chi connectivity index (χ1n) is 6.11. The molecule has 0 saturated carbocycles. The van der Waals surface area contributed by atoms with Crippen LogP contribution in [0.25, 0.3) is 10.7 Å². The van der Waals surface area contributed by atoms with Crippen molar-refractivity contribution in [1.29, 1.82) is 0 Å². The van der Waals surface area contributed by atoms with Gasteiger partial charge in [0.05, 0.1) is 5.69 Å². The molecule has 0 aliphatic rings. The van der Waals surface area contributed by atoms with Gasteiger partial charge in [-0.3, -0.25) is 4.98 Å². The Morgan fingerprint density at radius 1 is 1.28 bits per heavy atom. The number of hydrogen-bond donors (Lipinski definition) is 1. The Bertz CT molecular complexity index is 560. The number of hydrogen-bond acceptors (Lipinski definition) is 4. The van der Waals surface area contributed by atoms with Crippen LogP contribution in [0.4, 0.5) is 0 Å². The highest BCUT2D eigenvalue weighted by atomic mass is 32.1. The van der Waals surface area contributed by atoms with Gasteiger partial charge in [0, 0.05) is 17.1 Å². The minimum absolute atomic E-state index is 0.335. The van der Waals surface area contributed by atoms with Gasteiger partial charge in [-0.25, -0.2) is 4.98 Å². The minimum Gasteiger partial charge on any atom is -0.312 e. The second kappa shape index (κ2) is 5.16. The molecular weight excluding hydrogens is 242 g/mol. The van der Waals surface area contributed by atoms with Crippen LogP contribution >= 0.6 is 11.3 Å². The van der Waals surface area contributed by atoms with Crippen LogP contribution in [-0.2, 0) is 0 Å². The molecule has 0 fully saturated rings. The van der Waals surface area contributed by atoms with E-state index in [9.17, 15) is 0 Å². The molecule has 1 unspecified atom stereocenters. The minimum atomic E-state index is 0.335. The number of aromatic nitrogens is 2. The van der Waals surface area contributed by atoms with Crippen molar-refractivity contribution in [2.75, 3.05) is 7.05 Å². The van der Waals surface area contributed by atoms with Gasteiger partial charge in [-0.1, -0.05) is 6.07 Å². The molecule has 0 bridgehead atoms. The van der Waals surface area contributed by atoms with Crippen LogP contribution in [-0.4, -0.2) is 17.0 Å². The Kier molecular flexibility index (Phi) is 3.78. The molecule has 2 aromatic rings. The quantitative estimate of drug-likeness (QED) is 0.920. The van der Waals surface area contributed by atoms with Crippen LogP contribution in [0.5, 0.6) is 0 Å². The Morgan fingerprint density at radius 3 is 2.61 bits per heavy atom. The van der Waals surface area contributed by atoms with Gasteiger partial charge in [0.15, 0.2) is 0 Å². The van der Waals surface area contributed by atoms with E-state index in [4.69, 9.17) is 0 Å². The monoisotopic (exact) mass is 261 g/mol. The number of thiazole rings is 1. The number of aryl methyl sites for hydroxylation is 3. The zero-order chi connectivity index (χ0) is 13.3. The smallest absolute Gasteiger partial charge is 0.142 e. The average Bonchev–Trinajstić information content (AvgIpc) is 2.70. The molecule has 1 atom stereocenters. The van der Waals surface area contributed by atoms with Crippen molar-refractivity contribution in [3.05, 3.63) is 34.0 Å². The van der Waals surface area contributed by atoms with Crippen LogP contribution in [0.3, 0.4) is 0 Å². The average molecular weight is 261 g/mol. The van der Waals surface area contributed by atoms with E-state index in [1.54, 1.807) is 11.3 Å². The molecule has 0 aliphatic carbocycles. The second-order valence-electron chi connectivity index (χ2n) is 4.66. The molecule has 0 saturated heterocycles. The predicted molar refractivity (Wildman–Crippen MR) is 77.0 cm³/mol. The lowest BCUT2D eigenvalue weighted by atomic mass is 10.2. The van der Waals surface area contributed by atoms with Gasteiger partial charge < -0.3 is 5.32 Å². The van der Waals surface area contributed by atoms with Gasteiger partial charge in [-0.05, 0) is 45.9 Å². The van der Waals surface area contributed by atoms with Crippen molar-refractivity contribution in [3.8, 4) is 10.7 Å². The summed E-state index contributed by atoms with van der Waals surface area (Å²) in [6.07, 6.45) is 1.90. The molecule has 3 nitrogen and oxygen atoms in total. The molecule has 18 heavy (non-hydrogen) atoms. The lowest BCUT2D eigenvalue weighted by molar-refractivity contribution is 0.658. The van der Waals surface area contributed by atoms with E-state index in [2.05, 4.69) is 49.0 Å². The van der Waals surface area contributed by atoms with E-state index < -0.39 is 0 Å². The van der Waals surface area contributed by atoms with Crippen molar-refractivity contribution < 1.29 is 0 Å². The molecule has 1 N–H and O–H groups in total. The van der Waals surface area contributed by atoms with E-state index in [-0.39, 0.29) is 0 Å². The molecule has 0 amide bonds. The van der Waals surface area contributed by atoms with E-state index in [0.29, 0.717) is 6.04 Å². The fourth-order valence-corrected chi connectivity index (χ4v) is 3.17. The summed E-state index contributed by atoms with van der Waals surface area (Å²) in [6, 6.07) is 2.49. The van der Waals surface area contributed by atoms with Crippen molar-refractivity contribution in [2.24, 2.45) is 0 Å². The maximum absolute atomic E-state index is 4.66. The molecule has 4 heteroatoms. The fourth-order valence-electron chi connectivity index (χ4n) is 1.98. The molecule has 0 aromatic carbocycles. The zero-order valence-electron chi connectivity index (χ0n) is 11.5. The highest BCUT2D eigenvalue weighted by Gasteiger charge is 2.15. The first kappa shape index (κ1) is 13.2. The van der Waals surface area contributed by atoms with E-state index in [1.807, 2.05) is 13.2 Å². The van der Waals surface area contributed by atoms with Gasteiger partial charge in [0.2, 0.25) is 0 Å². The molecule has 96 valence electrons.